The molecule has 0 radical (unpaired) electrons. The van der Waals surface area contributed by atoms with Crippen LogP contribution in [-0.4, -0.2) is 43.9 Å². The first-order valence-electron chi connectivity index (χ1n) is 10.0. The van der Waals surface area contributed by atoms with E-state index in [0.29, 0.717) is 12.8 Å². The lowest BCUT2D eigenvalue weighted by molar-refractivity contribution is -0.134. The molecule has 1 amide bonds. The number of alkyl halides is 2. The summed E-state index contributed by atoms with van der Waals surface area (Å²) in [5.41, 5.74) is 4.10. The van der Waals surface area contributed by atoms with E-state index in [2.05, 4.69) is 0 Å². The normalized spacial score (nSPS) is 16.3. The number of carbonyl (C=O) groups is 1. The minimum Gasteiger partial charge on any atom is -0.381 e. The van der Waals surface area contributed by atoms with Gasteiger partial charge in [-0.2, -0.15) is 0 Å². The lowest BCUT2D eigenvalue weighted by Gasteiger charge is -2.34. The van der Waals surface area contributed by atoms with Crippen LogP contribution < -0.4 is 5.48 Å². The quantitative estimate of drug-likeness (QED) is 0.469. The third-order valence-corrected chi connectivity index (χ3v) is 8.19. The van der Waals surface area contributed by atoms with Gasteiger partial charge in [-0.05, 0) is 54.5 Å². The van der Waals surface area contributed by atoms with Crippen molar-refractivity contribution >= 4 is 15.7 Å². The van der Waals surface area contributed by atoms with Gasteiger partial charge in [-0.25, -0.2) is 22.7 Å². The molecule has 1 saturated heterocycles. The number of halogens is 2. The van der Waals surface area contributed by atoms with Gasteiger partial charge < -0.3 is 4.74 Å². The summed E-state index contributed by atoms with van der Waals surface area (Å²) in [4.78, 5) is 12.3. The van der Waals surface area contributed by atoms with E-state index in [1.54, 1.807) is 12.1 Å². The molecule has 1 aliphatic rings. The molecule has 0 saturated carbocycles. The van der Waals surface area contributed by atoms with Crippen molar-refractivity contribution in [2.75, 3.05) is 13.2 Å². The summed E-state index contributed by atoms with van der Waals surface area (Å²) in [6.07, 6.45) is -1.52. The predicted molar refractivity (Wildman–Crippen MR) is 111 cm³/mol. The Morgan fingerprint density at radius 2 is 1.58 bits per heavy atom. The van der Waals surface area contributed by atoms with Crippen LogP contribution in [0.4, 0.5) is 8.78 Å². The van der Waals surface area contributed by atoms with Gasteiger partial charge in [0.05, 0.1) is 4.90 Å². The second-order valence-corrected chi connectivity index (χ2v) is 9.82. The first kappa shape index (κ1) is 23.3. The van der Waals surface area contributed by atoms with Crippen LogP contribution in [0.15, 0.2) is 53.4 Å². The highest BCUT2D eigenvalue weighted by Gasteiger charge is 2.52. The second kappa shape index (κ2) is 9.84. The molecule has 0 atom stereocenters. The van der Waals surface area contributed by atoms with E-state index < -0.39 is 26.9 Å². The third-order valence-electron chi connectivity index (χ3n) is 5.67. The number of aryl methyl sites for hydroxylation is 1. The van der Waals surface area contributed by atoms with E-state index in [9.17, 15) is 22.0 Å². The highest BCUT2D eigenvalue weighted by Crippen LogP contribution is 2.36. The molecule has 6 nitrogen and oxygen atoms in total. The Bertz CT molecular complexity index is 986. The summed E-state index contributed by atoms with van der Waals surface area (Å²) in [5.74, 6) is -0.956. The van der Waals surface area contributed by atoms with Crippen LogP contribution in [-0.2, 0) is 25.8 Å². The first-order chi connectivity index (χ1) is 14.8. The summed E-state index contributed by atoms with van der Waals surface area (Å²) in [6.45, 7) is 0.211. The van der Waals surface area contributed by atoms with Crippen molar-refractivity contribution in [2.24, 2.45) is 0 Å². The zero-order valence-electron chi connectivity index (χ0n) is 16.9. The van der Waals surface area contributed by atoms with E-state index >= 15 is 0 Å². The predicted octanol–water partition coefficient (Wildman–Crippen LogP) is 3.77. The molecule has 0 unspecified atom stereocenters. The van der Waals surface area contributed by atoms with E-state index in [0.717, 1.165) is 16.7 Å². The molecule has 2 N–H and O–H groups in total. The fraction of sp³-hybridized carbons (Fsp3) is 0.409. The number of hydrogen-bond acceptors (Lipinski definition) is 5. The smallest absolute Gasteiger partial charge is 0.265 e. The number of sulfone groups is 1. The lowest BCUT2D eigenvalue weighted by atomic mass is 9.98. The van der Waals surface area contributed by atoms with Crippen LogP contribution in [0, 0.1) is 0 Å². The van der Waals surface area contributed by atoms with Gasteiger partial charge in [0, 0.05) is 19.6 Å². The maximum absolute atomic E-state index is 13.3. The maximum Gasteiger partial charge on any atom is 0.265 e. The monoisotopic (exact) mass is 453 g/mol. The summed E-state index contributed by atoms with van der Waals surface area (Å²) in [5, 5.41) is 9.12. The average molecular weight is 454 g/mol. The molecule has 0 aromatic heterocycles. The van der Waals surface area contributed by atoms with Gasteiger partial charge in [-0.3, -0.25) is 10.0 Å². The van der Waals surface area contributed by atoms with Crippen molar-refractivity contribution in [3.63, 3.8) is 0 Å². The highest BCUT2D eigenvalue weighted by molar-refractivity contribution is 7.93. The van der Waals surface area contributed by atoms with Gasteiger partial charge in [-0.1, -0.05) is 36.4 Å². The fourth-order valence-corrected chi connectivity index (χ4v) is 5.74. The standard InChI is InChI=1S/C22H25F2NO5S/c23-20(24)3-1-2-16-4-6-17(7-5-16)18-8-10-19(11-9-18)31(28,29)22(21(26)25-27)12-14-30-15-13-22/h4-11,20,27H,1-3,12-15H2,(H,25,26). The number of amides is 1. The molecule has 0 spiro atoms. The largest absolute Gasteiger partial charge is 0.381 e. The molecule has 2 aromatic carbocycles. The van der Waals surface area contributed by atoms with Crippen molar-refractivity contribution in [2.45, 2.75) is 48.2 Å². The minimum atomic E-state index is -4.07. The van der Waals surface area contributed by atoms with Gasteiger partial charge in [-0.15, -0.1) is 0 Å². The van der Waals surface area contributed by atoms with Crippen LogP contribution in [0.3, 0.4) is 0 Å². The zero-order chi connectivity index (χ0) is 22.5. The Labute approximate surface area is 180 Å². The van der Waals surface area contributed by atoms with Crippen LogP contribution in [0.5, 0.6) is 0 Å². The number of nitrogens with one attached hydrogen (secondary N) is 1. The van der Waals surface area contributed by atoms with Crippen molar-refractivity contribution in [1.82, 2.24) is 5.48 Å². The van der Waals surface area contributed by atoms with Crippen molar-refractivity contribution in [3.8, 4) is 11.1 Å². The molecular formula is C22H25F2NO5S. The molecule has 1 aliphatic heterocycles. The number of ether oxygens (including phenoxy) is 1. The van der Waals surface area contributed by atoms with E-state index in [1.807, 2.05) is 24.3 Å². The molecule has 0 bridgehead atoms. The number of hydroxylamine groups is 1. The van der Waals surface area contributed by atoms with Gasteiger partial charge in [0.15, 0.2) is 14.6 Å². The van der Waals surface area contributed by atoms with E-state index in [4.69, 9.17) is 9.94 Å². The molecule has 2 aromatic rings. The third kappa shape index (κ3) is 4.94. The number of rotatable bonds is 8. The van der Waals surface area contributed by atoms with Crippen molar-refractivity contribution in [3.05, 3.63) is 54.1 Å². The fourth-order valence-electron chi connectivity index (χ4n) is 3.80. The molecule has 0 aliphatic carbocycles. The van der Waals surface area contributed by atoms with Gasteiger partial charge in [0.1, 0.15) is 0 Å². The molecule has 1 fully saturated rings. The number of benzene rings is 2. The topological polar surface area (TPSA) is 92.7 Å². The average Bonchev–Trinajstić information content (AvgIpc) is 2.79. The molecule has 31 heavy (non-hydrogen) atoms. The Morgan fingerprint density at radius 3 is 2.10 bits per heavy atom. The van der Waals surface area contributed by atoms with Gasteiger partial charge in [0.2, 0.25) is 6.43 Å². The molecule has 3 rings (SSSR count). The Kier molecular flexibility index (Phi) is 7.40. The molecule has 168 valence electrons. The van der Waals surface area contributed by atoms with E-state index in [-0.39, 0.29) is 37.4 Å². The molecular weight excluding hydrogens is 428 g/mol. The van der Waals surface area contributed by atoms with Crippen molar-refractivity contribution < 1.29 is 31.9 Å². The lowest BCUT2D eigenvalue weighted by Crippen LogP contribution is -2.54. The van der Waals surface area contributed by atoms with Crippen LogP contribution in [0.25, 0.3) is 11.1 Å². The second-order valence-electron chi connectivity index (χ2n) is 7.56. The number of carbonyl (C=O) groups excluding carboxylic acids is 1. The summed E-state index contributed by atoms with van der Waals surface area (Å²) in [6, 6.07) is 13.7. The van der Waals surface area contributed by atoms with Crippen molar-refractivity contribution in [1.29, 1.82) is 0 Å². The van der Waals surface area contributed by atoms with Crippen LogP contribution in [0.2, 0.25) is 0 Å². The molecule has 1 heterocycles. The Morgan fingerprint density at radius 1 is 1.03 bits per heavy atom. The number of hydrogen-bond donors (Lipinski definition) is 2. The highest BCUT2D eigenvalue weighted by atomic mass is 32.2. The summed E-state index contributed by atoms with van der Waals surface area (Å²) in [7, 11) is -4.07. The Hall–Kier alpha value is -2.36. The SMILES string of the molecule is O=C(NO)C1(S(=O)(=O)c2ccc(-c3ccc(CCCC(F)F)cc3)cc2)CCOCC1. The zero-order valence-corrected chi connectivity index (χ0v) is 17.7. The van der Waals surface area contributed by atoms with Gasteiger partial charge in [0.25, 0.3) is 5.91 Å². The van der Waals surface area contributed by atoms with Crippen LogP contribution >= 0.6 is 0 Å². The Balaban J connectivity index is 1.79. The first-order valence-corrected chi connectivity index (χ1v) is 11.5. The summed E-state index contributed by atoms with van der Waals surface area (Å²) >= 11 is 0. The van der Waals surface area contributed by atoms with E-state index in [1.165, 1.54) is 17.6 Å². The maximum atomic E-state index is 13.3. The van der Waals surface area contributed by atoms with Crippen LogP contribution in [0.1, 0.15) is 31.2 Å². The summed E-state index contributed by atoms with van der Waals surface area (Å²) < 4.78 is 54.5. The minimum absolute atomic E-state index is 0.00892. The van der Waals surface area contributed by atoms with Gasteiger partial charge >= 0.3 is 0 Å². The molecule has 9 heteroatoms.